The first-order valence-corrected chi connectivity index (χ1v) is 12.1. The molecule has 0 saturated heterocycles. The van der Waals surface area contributed by atoms with E-state index in [-0.39, 0.29) is 17.5 Å². The van der Waals surface area contributed by atoms with Gasteiger partial charge in [-0.05, 0) is 84.5 Å². The molecule has 0 aliphatic heterocycles. The van der Waals surface area contributed by atoms with Gasteiger partial charge in [-0.25, -0.2) is 0 Å². The Hall–Kier alpha value is -3.14. The van der Waals surface area contributed by atoms with E-state index in [1.807, 2.05) is 6.92 Å². The topological polar surface area (TPSA) is 78.5 Å². The molecule has 4 heteroatoms. The van der Waals surface area contributed by atoms with Crippen LogP contribution in [0.4, 0.5) is 11.4 Å². The third-order valence-corrected chi connectivity index (χ3v) is 6.55. The summed E-state index contributed by atoms with van der Waals surface area (Å²) < 4.78 is 0. The molecule has 3 rings (SSSR count). The second-order valence-electron chi connectivity index (χ2n) is 8.82. The summed E-state index contributed by atoms with van der Waals surface area (Å²) in [5, 5.41) is 23.6. The highest BCUT2D eigenvalue weighted by Gasteiger charge is 2.16. The molecule has 5 N–H and O–H groups in total. The lowest BCUT2D eigenvalue weighted by molar-refractivity contribution is 0.444. The first-order chi connectivity index (χ1) is 15.8. The molecule has 176 valence electrons. The fraction of sp³-hybridized carbons (Fsp3) is 0.379. The normalized spacial score (nSPS) is 12.0. The van der Waals surface area contributed by atoms with Gasteiger partial charge in [0.05, 0.1) is 6.04 Å². The lowest BCUT2D eigenvalue weighted by atomic mass is 9.92. The molecule has 0 heterocycles. The number of rotatable bonds is 9. The number of phenolic OH excluding ortho intramolecular Hbond substituents is 2. The predicted molar refractivity (Wildman–Crippen MR) is 139 cm³/mol. The average Bonchev–Trinajstić information content (AvgIpc) is 2.80. The molecule has 0 aromatic heterocycles. The van der Waals surface area contributed by atoms with Crippen LogP contribution in [0.15, 0.2) is 42.5 Å². The summed E-state index contributed by atoms with van der Waals surface area (Å²) >= 11 is 0. The third kappa shape index (κ3) is 5.44. The monoisotopic (exact) mass is 446 g/mol. The lowest BCUT2D eigenvalue weighted by Gasteiger charge is -2.23. The number of aryl methyl sites for hydroxylation is 4. The van der Waals surface area contributed by atoms with E-state index >= 15 is 0 Å². The van der Waals surface area contributed by atoms with Crippen molar-refractivity contribution in [1.82, 2.24) is 0 Å². The highest BCUT2D eigenvalue weighted by Crippen LogP contribution is 2.34. The Kier molecular flexibility index (Phi) is 7.91. The van der Waals surface area contributed by atoms with E-state index in [9.17, 15) is 10.2 Å². The Morgan fingerprint density at radius 1 is 0.758 bits per heavy atom. The molecule has 0 aliphatic rings. The minimum absolute atomic E-state index is 0.0661. The number of hydrogen-bond donors (Lipinski definition) is 4. The summed E-state index contributed by atoms with van der Waals surface area (Å²) in [5.74, 6) is 0.168. The van der Waals surface area contributed by atoms with Gasteiger partial charge in [0.2, 0.25) is 0 Å². The van der Waals surface area contributed by atoms with E-state index < -0.39 is 0 Å². The molecule has 0 bridgehead atoms. The van der Waals surface area contributed by atoms with Crippen molar-refractivity contribution < 1.29 is 10.2 Å². The maximum absolute atomic E-state index is 10.3. The molecule has 0 radical (unpaired) electrons. The molecule has 3 aromatic carbocycles. The van der Waals surface area contributed by atoms with Gasteiger partial charge in [0.25, 0.3) is 0 Å². The molecule has 0 saturated carbocycles. The van der Waals surface area contributed by atoms with Crippen LogP contribution in [0.5, 0.6) is 11.5 Å². The fourth-order valence-electron chi connectivity index (χ4n) is 4.65. The number of nitrogen functional groups attached to an aromatic ring is 1. The van der Waals surface area contributed by atoms with E-state index in [4.69, 9.17) is 5.73 Å². The Morgan fingerprint density at radius 3 is 1.70 bits per heavy atom. The second kappa shape index (κ2) is 10.7. The SMILES string of the molecule is CCc1cc(Cc2cc(CC)c(NC(C)c3ccc(O)cc3O)c(CC)c2)cc(CC)c1N. The van der Waals surface area contributed by atoms with E-state index in [0.29, 0.717) is 0 Å². The Bertz CT molecular complexity index is 1070. The number of anilines is 2. The smallest absolute Gasteiger partial charge is 0.124 e. The average molecular weight is 447 g/mol. The van der Waals surface area contributed by atoms with Crippen LogP contribution in [-0.4, -0.2) is 10.2 Å². The molecular weight excluding hydrogens is 408 g/mol. The molecular formula is C29H38N2O2. The Balaban J connectivity index is 1.95. The summed E-state index contributed by atoms with van der Waals surface area (Å²) in [5.41, 5.74) is 16.8. The Labute approximate surface area is 198 Å². The van der Waals surface area contributed by atoms with Crippen LogP contribution >= 0.6 is 0 Å². The molecule has 33 heavy (non-hydrogen) atoms. The number of nitrogens with one attached hydrogen (secondary N) is 1. The number of benzene rings is 3. The quantitative estimate of drug-likeness (QED) is 0.276. The van der Waals surface area contributed by atoms with Crippen LogP contribution in [-0.2, 0) is 32.1 Å². The van der Waals surface area contributed by atoms with Crippen molar-refractivity contribution in [2.75, 3.05) is 11.1 Å². The maximum Gasteiger partial charge on any atom is 0.124 e. The first kappa shape index (κ1) is 24.5. The summed E-state index contributed by atoms with van der Waals surface area (Å²) in [6, 6.07) is 13.8. The van der Waals surface area contributed by atoms with Crippen molar-refractivity contribution in [3.05, 3.63) is 81.4 Å². The molecule has 0 amide bonds. The molecule has 0 spiro atoms. The van der Waals surface area contributed by atoms with Crippen molar-refractivity contribution in [3.63, 3.8) is 0 Å². The molecule has 1 atom stereocenters. The van der Waals surface area contributed by atoms with Gasteiger partial charge in [0.15, 0.2) is 0 Å². The lowest BCUT2D eigenvalue weighted by Crippen LogP contribution is -2.11. The minimum atomic E-state index is -0.0941. The molecule has 0 fully saturated rings. The minimum Gasteiger partial charge on any atom is -0.508 e. The number of phenols is 2. The summed E-state index contributed by atoms with van der Waals surface area (Å²) in [6.45, 7) is 10.7. The van der Waals surface area contributed by atoms with Crippen molar-refractivity contribution in [3.8, 4) is 11.5 Å². The zero-order valence-corrected chi connectivity index (χ0v) is 20.6. The van der Waals surface area contributed by atoms with Crippen LogP contribution in [0.1, 0.15) is 79.6 Å². The van der Waals surface area contributed by atoms with E-state index in [1.165, 1.54) is 39.4 Å². The summed E-state index contributed by atoms with van der Waals surface area (Å²) in [7, 11) is 0. The van der Waals surface area contributed by atoms with Crippen molar-refractivity contribution in [2.45, 2.75) is 72.8 Å². The number of hydrogen-bond acceptors (Lipinski definition) is 4. The van der Waals surface area contributed by atoms with Gasteiger partial charge in [0, 0.05) is 23.0 Å². The second-order valence-corrected chi connectivity index (χ2v) is 8.82. The standard InChI is InChI=1S/C29H38N2O2/c1-6-21-13-19(14-22(7-2)28(21)30)12-20-15-23(8-3)29(24(9-4)16-20)31-18(5)26-11-10-25(32)17-27(26)33/h10-11,13-18,31-33H,6-9,12,30H2,1-5H3. The number of nitrogens with two attached hydrogens (primary N) is 1. The van der Waals surface area contributed by atoms with Crippen LogP contribution < -0.4 is 11.1 Å². The zero-order chi connectivity index (χ0) is 24.1. The van der Waals surface area contributed by atoms with Gasteiger partial charge in [-0.2, -0.15) is 0 Å². The highest BCUT2D eigenvalue weighted by molar-refractivity contribution is 5.62. The van der Waals surface area contributed by atoms with Crippen molar-refractivity contribution >= 4 is 11.4 Å². The van der Waals surface area contributed by atoms with Gasteiger partial charge in [-0.15, -0.1) is 0 Å². The Morgan fingerprint density at radius 2 is 1.24 bits per heavy atom. The largest absolute Gasteiger partial charge is 0.508 e. The summed E-state index contributed by atoms with van der Waals surface area (Å²) in [4.78, 5) is 0. The fourth-order valence-corrected chi connectivity index (χ4v) is 4.65. The van der Waals surface area contributed by atoms with Crippen LogP contribution in [0.3, 0.4) is 0 Å². The molecule has 3 aromatic rings. The van der Waals surface area contributed by atoms with Crippen LogP contribution in [0.2, 0.25) is 0 Å². The van der Waals surface area contributed by atoms with E-state index in [0.717, 1.165) is 49.0 Å². The number of aromatic hydroxyl groups is 2. The van der Waals surface area contributed by atoms with E-state index in [2.05, 4.69) is 57.3 Å². The molecule has 0 aliphatic carbocycles. The zero-order valence-electron chi connectivity index (χ0n) is 20.6. The van der Waals surface area contributed by atoms with Crippen molar-refractivity contribution in [2.24, 2.45) is 0 Å². The highest BCUT2D eigenvalue weighted by atomic mass is 16.3. The predicted octanol–water partition coefficient (Wildman–Crippen LogP) is 6.69. The van der Waals surface area contributed by atoms with Crippen LogP contribution in [0, 0.1) is 0 Å². The molecule has 4 nitrogen and oxygen atoms in total. The van der Waals surface area contributed by atoms with E-state index in [1.54, 1.807) is 12.1 Å². The first-order valence-electron chi connectivity index (χ1n) is 12.1. The van der Waals surface area contributed by atoms with Gasteiger partial charge in [0.1, 0.15) is 11.5 Å². The van der Waals surface area contributed by atoms with Gasteiger partial charge in [-0.3, -0.25) is 0 Å². The summed E-state index contributed by atoms with van der Waals surface area (Å²) in [6.07, 6.45) is 4.60. The van der Waals surface area contributed by atoms with Gasteiger partial charge >= 0.3 is 0 Å². The van der Waals surface area contributed by atoms with Crippen molar-refractivity contribution in [1.29, 1.82) is 0 Å². The van der Waals surface area contributed by atoms with Gasteiger partial charge < -0.3 is 21.3 Å². The molecule has 1 unspecified atom stereocenters. The third-order valence-electron chi connectivity index (χ3n) is 6.55. The maximum atomic E-state index is 10.3. The van der Waals surface area contributed by atoms with Crippen LogP contribution in [0.25, 0.3) is 0 Å². The van der Waals surface area contributed by atoms with Gasteiger partial charge in [-0.1, -0.05) is 52.0 Å².